The fourth-order valence-electron chi connectivity index (χ4n) is 2.48. The number of carbonyl (C=O) groups excluding carboxylic acids is 1. The number of aromatic carboxylic acids is 1. The van der Waals surface area contributed by atoms with E-state index in [0.29, 0.717) is 17.0 Å². The summed E-state index contributed by atoms with van der Waals surface area (Å²) < 4.78 is 0. The lowest BCUT2D eigenvalue weighted by Gasteiger charge is -2.12. The van der Waals surface area contributed by atoms with Gasteiger partial charge in [0.2, 0.25) is 0 Å². The first kappa shape index (κ1) is 16.4. The van der Waals surface area contributed by atoms with Crippen LogP contribution in [0.3, 0.4) is 0 Å². The molecule has 0 saturated heterocycles. The van der Waals surface area contributed by atoms with E-state index < -0.39 is 5.97 Å². The summed E-state index contributed by atoms with van der Waals surface area (Å²) in [6.07, 6.45) is 5.43. The van der Waals surface area contributed by atoms with Gasteiger partial charge in [0.1, 0.15) is 0 Å². The molecule has 0 fully saturated rings. The molecular weight excluding hydrogens is 316 g/mol. The molecule has 0 aromatic heterocycles. The molecule has 0 bridgehead atoms. The highest BCUT2D eigenvalue weighted by Crippen LogP contribution is 2.24. The van der Waals surface area contributed by atoms with Gasteiger partial charge in [-0.3, -0.25) is 4.79 Å². The number of carboxylic acids is 1. The molecule has 0 spiro atoms. The summed E-state index contributed by atoms with van der Waals surface area (Å²) in [5, 5.41) is 14.6. The van der Waals surface area contributed by atoms with Crippen LogP contribution in [0.4, 0.5) is 5.69 Å². The Kier molecular flexibility index (Phi) is 4.57. The lowest BCUT2D eigenvalue weighted by Crippen LogP contribution is -2.21. The largest absolute Gasteiger partial charge is 0.478 e. The number of rotatable bonds is 4. The van der Waals surface area contributed by atoms with Crippen molar-refractivity contribution in [3.05, 3.63) is 83.4 Å². The predicted molar refractivity (Wildman–Crippen MR) is 97.6 cm³/mol. The Morgan fingerprint density at radius 1 is 1.12 bits per heavy atom. The van der Waals surface area contributed by atoms with Gasteiger partial charge in [0, 0.05) is 0 Å². The number of hydrazone groups is 1. The van der Waals surface area contributed by atoms with Crippen molar-refractivity contribution < 1.29 is 14.7 Å². The van der Waals surface area contributed by atoms with Crippen LogP contribution in [0.5, 0.6) is 0 Å². The molecule has 1 heterocycles. The number of anilines is 1. The van der Waals surface area contributed by atoms with E-state index in [1.165, 1.54) is 17.1 Å². The van der Waals surface area contributed by atoms with Gasteiger partial charge in [0.05, 0.1) is 22.5 Å². The number of hydrogen-bond donors (Lipinski definition) is 1. The number of nitrogens with zero attached hydrogens (tertiary/aromatic N) is 2. The monoisotopic (exact) mass is 332 g/mol. The van der Waals surface area contributed by atoms with Crippen molar-refractivity contribution in [2.75, 3.05) is 5.01 Å². The average Bonchev–Trinajstić information content (AvgIpc) is 2.91. The third-order valence-electron chi connectivity index (χ3n) is 3.75. The van der Waals surface area contributed by atoms with Crippen LogP contribution in [0.15, 0.2) is 77.4 Å². The minimum Gasteiger partial charge on any atom is -0.478 e. The van der Waals surface area contributed by atoms with Gasteiger partial charge >= 0.3 is 5.97 Å². The average molecular weight is 332 g/mol. The SMILES string of the molecule is CC1=NN(c2cccc(C(=O)O)c2)C(=O)/C1=C\C=C\c1ccccc1. The number of carbonyl (C=O) groups is 2. The van der Waals surface area contributed by atoms with Gasteiger partial charge in [-0.2, -0.15) is 10.1 Å². The standard InChI is InChI=1S/C20H16N2O3/c1-14-18(12-5-9-15-7-3-2-4-8-15)19(23)22(21-14)17-11-6-10-16(13-17)20(24)25/h2-13H,1H3,(H,24,25)/b9-5+,18-12-. The molecule has 1 N–H and O–H groups in total. The van der Waals surface area contributed by atoms with Gasteiger partial charge < -0.3 is 5.11 Å². The first-order chi connectivity index (χ1) is 12.1. The zero-order valence-electron chi connectivity index (χ0n) is 13.6. The van der Waals surface area contributed by atoms with Crippen LogP contribution >= 0.6 is 0 Å². The van der Waals surface area contributed by atoms with E-state index in [2.05, 4.69) is 5.10 Å². The first-order valence-electron chi connectivity index (χ1n) is 7.73. The zero-order valence-corrected chi connectivity index (χ0v) is 13.6. The van der Waals surface area contributed by atoms with Crippen molar-refractivity contribution in [1.29, 1.82) is 0 Å². The molecule has 0 saturated carbocycles. The summed E-state index contributed by atoms with van der Waals surface area (Å²) in [7, 11) is 0. The van der Waals surface area contributed by atoms with E-state index in [4.69, 9.17) is 5.11 Å². The number of allylic oxidation sites excluding steroid dienone is 2. The third kappa shape index (κ3) is 3.55. The van der Waals surface area contributed by atoms with Gasteiger partial charge in [-0.15, -0.1) is 0 Å². The van der Waals surface area contributed by atoms with Gasteiger partial charge in [-0.05, 0) is 36.8 Å². The molecule has 3 rings (SSSR count). The Labute approximate surface area is 145 Å². The van der Waals surface area contributed by atoms with Crippen LogP contribution in [-0.4, -0.2) is 22.7 Å². The fourth-order valence-corrected chi connectivity index (χ4v) is 2.48. The van der Waals surface area contributed by atoms with E-state index in [1.807, 2.05) is 36.4 Å². The number of benzene rings is 2. The lowest BCUT2D eigenvalue weighted by atomic mass is 10.1. The highest BCUT2D eigenvalue weighted by atomic mass is 16.4. The fraction of sp³-hybridized carbons (Fsp3) is 0.0500. The van der Waals surface area contributed by atoms with Crippen molar-refractivity contribution in [2.24, 2.45) is 5.10 Å². The van der Waals surface area contributed by atoms with Crippen LogP contribution < -0.4 is 5.01 Å². The summed E-state index contributed by atoms with van der Waals surface area (Å²) in [6, 6.07) is 15.9. The van der Waals surface area contributed by atoms with Crippen molar-refractivity contribution in [2.45, 2.75) is 6.92 Å². The molecule has 124 valence electrons. The van der Waals surface area contributed by atoms with Crippen LogP contribution in [0.1, 0.15) is 22.8 Å². The van der Waals surface area contributed by atoms with E-state index in [9.17, 15) is 9.59 Å². The normalized spacial score (nSPS) is 15.9. The van der Waals surface area contributed by atoms with E-state index in [0.717, 1.165) is 5.56 Å². The Morgan fingerprint density at radius 3 is 2.60 bits per heavy atom. The van der Waals surface area contributed by atoms with Gasteiger partial charge in [-0.1, -0.05) is 48.6 Å². The number of amides is 1. The molecule has 5 nitrogen and oxygen atoms in total. The molecule has 25 heavy (non-hydrogen) atoms. The van der Waals surface area contributed by atoms with Crippen LogP contribution in [0, 0.1) is 0 Å². The molecule has 0 radical (unpaired) electrons. The summed E-state index contributed by atoms with van der Waals surface area (Å²) in [5.74, 6) is -1.33. The van der Waals surface area contributed by atoms with Gasteiger partial charge in [0.15, 0.2) is 0 Å². The molecule has 0 atom stereocenters. The molecular formula is C20H16N2O3. The van der Waals surface area contributed by atoms with Crippen LogP contribution in [0.25, 0.3) is 6.08 Å². The van der Waals surface area contributed by atoms with E-state index in [-0.39, 0.29) is 11.5 Å². The Bertz CT molecular complexity index is 912. The quantitative estimate of drug-likeness (QED) is 0.867. The lowest BCUT2D eigenvalue weighted by molar-refractivity contribution is -0.114. The maximum atomic E-state index is 12.6. The smallest absolute Gasteiger partial charge is 0.335 e. The van der Waals surface area contributed by atoms with Crippen LogP contribution in [-0.2, 0) is 4.79 Å². The third-order valence-corrected chi connectivity index (χ3v) is 3.75. The number of carboxylic acid groups (broad SMARTS) is 1. The summed E-state index contributed by atoms with van der Waals surface area (Å²) in [5.41, 5.74) is 2.64. The highest BCUT2D eigenvalue weighted by Gasteiger charge is 2.28. The minimum absolute atomic E-state index is 0.111. The maximum absolute atomic E-state index is 12.6. The minimum atomic E-state index is -1.05. The molecule has 1 aliphatic rings. The second kappa shape index (κ2) is 6.97. The summed E-state index contributed by atoms with van der Waals surface area (Å²) in [4.78, 5) is 23.7. The topological polar surface area (TPSA) is 70.0 Å². The second-order valence-electron chi connectivity index (χ2n) is 5.51. The van der Waals surface area contributed by atoms with Crippen molar-refractivity contribution in [3.63, 3.8) is 0 Å². The molecule has 2 aromatic carbocycles. The van der Waals surface area contributed by atoms with Crippen molar-refractivity contribution >= 4 is 29.4 Å². The number of hydrogen-bond acceptors (Lipinski definition) is 3. The summed E-state index contributed by atoms with van der Waals surface area (Å²) in [6.45, 7) is 1.75. The van der Waals surface area contributed by atoms with E-state index in [1.54, 1.807) is 31.2 Å². The van der Waals surface area contributed by atoms with Gasteiger partial charge in [0.25, 0.3) is 5.91 Å². The Morgan fingerprint density at radius 2 is 1.88 bits per heavy atom. The van der Waals surface area contributed by atoms with Crippen LogP contribution in [0.2, 0.25) is 0 Å². The van der Waals surface area contributed by atoms with Gasteiger partial charge in [-0.25, -0.2) is 4.79 Å². The molecule has 1 aliphatic heterocycles. The Hall–Kier alpha value is -3.47. The van der Waals surface area contributed by atoms with Crippen molar-refractivity contribution in [3.8, 4) is 0 Å². The summed E-state index contributed by atoms with van der Waals surface area (Å²) >= 11 is 0. The Balaban J connectivity index is 1.84. The molecule has 0 aliphatic carbocycles. The second-order valence-corrected chi connectivity index (χ2v) is 5.51. The highest BCUT2D eigenvalue weighted by molar-refractivity contribution is 6.30. The molecule has 2 aromatic rings. The first-order valence-corrected chi connectivity index (χ1v) is 7.73. The zero-order chi connectivity index (χ0) is 17.8. The predicted octanol–water partition coefficient (Wildman–Crippen LogP) is 3.75. The molecule has 0 unspecified atom stereocenters. The van der Waals surface area contributed by atoms with Crippen molar-refractivity contribution in [1.82, 2.24) is 0 Å². The molecule has 1 amide bonds. The van der Waals surface area contributed by atoms with E-state index >= 15 is 0 Å². The maximum Gasteiger partial charge on any atom is 0.335 e. The molecule has 5 heteroatoms.